The number of amides is 1. The van der Waals surface area contributed by atoms with E-state index in [-0.39, 0.29) is 12.5 Å². The average Bonchev–Trinajstić information content (AvgIpc) is 3.07. The van der Waals surface area contributed by atoms with Gasteiger partial charge in [-0.2, -0.15) is 0 Å². The molecular weight excluding hydrogens is 306 g/mol. The molecule has 3 aromatic rings. The lowest BCUT2D eigenvalue weighted by Crippen LogP contribution is -2.21. The molecule has 2 aromatic heterocycles. The van der Waals surface area contributed by atoms with Gasteiger partial charge in [-0.15, -0.1) is 0 Å². The maximum absolute atomic E-state index is 11.4. The van der Waals surface area contributed by atoms with Crippen LogP contribution in [-0.4, -0.2) is 22.4 Å². The fourth-order valence-electron chi connectivity index (χ4n) is 2.14. The number of nitrogens with zero attached hydrogens (tertiary/aromatic N) is 2. The quantitative estimate of drug-likeness (QED) is 0.666. The first kappa shape index (κ1) is 15.7. The van der Waals surface area contributed by atoms with Crippen molar-refractivity contribution >= 4 is 23.3 Å². The lowest BCUT2D eigenvalue weighted by atomic mass is 10.2. The molecule has 122 valence electrons. The van der Waals surface area contributed by atoms with Crippen molar-refractivity contribution in [3.63, 3.8) is 0 Å². The van der Waals surface area contributed by atoms with Crippen molar-refractivity contribution in [2.24, 2.45) is 5.73 Å². The SMILES string of the molecule is Cc1ccc(NC(=O)CN)cc1Nc1ncc(-c2ccncc2)o1. The Morgan fingerprint density at radius 1 is 1.25 bits per heavy atom. The summed E-state index contributed by atoms with van der Waals surface area (Å²) in [5, 5.41) is 5.83. The van der Waals surface area contributed by atoms with Crippen LogP contribution < -0.4 is 16.4 Å². The van der Waals surface area contributed by atoms with E-state index in [1.807, 2.05) is 31.2 Å². The van der Waals surface area contributed by atoms with Crippen molar-refractivity contribution in [1.29, 1.82) is 0 Å². The van der Waals surface area contributed by atoms with Crippen molar-refractivity contribution < 1.29 is 9.21 Å². The Morgan fingerprint density at radius 3 is 2.79 bits per heavy atom. The molecule has 0 aliphatic carbocycles. The predicted octanol–water partition coefficient (Wildman–Crippen LogP) is 2.69. The van der Waals surface area contributed by atoms with Crippen LogP contribution in [-0.2, 0) is 4.79 Å². The summed E-state index contributed by atoms with van der Waals surface area (Å²) in [5.41, 5.74) is 8.63. The molecule has 7 heteroatoms. The normalized spacial score (nSPS) is 10.4. The van der Waals surface area contributed by atoms with Gasteiger partial charge >= 0.3 is 0 Å². The number of carbonyl (C=O) groups excluding carboxylic acids is 1. The van der Waals surface area contributed by atoms with Gasteiger partial charge in [-0.25, -0.2) is 4.98 Å². The third-order valence-corrected chi connectivity index (χ3v) is 3.42. The fourth-order valence-corrected chi connectivity index (χ4v) is 2.14. The molecule has 0 saturated carbocycles. The topological polar surface area (TPSA) is 106 Å². The van der Waals surface area contributed by atoms with Crippen molar-refractivity contribution in [3.05, 3.63) is 54.5 Å². The third kappa shape index (κ3) is 3.58. The maximum Gasteiger partial charge on any atom is 0.299 e. The first-order chi connectivity index (χ1) is 11.7. The lowest BCUT2D eigenvalue weighted by Gasteiger charge is -2.10. The van der Waals surface area contributed by atoms with Crippen LogP contribution in [0.2, 0.25) is 0 Å². The van der Waals surface area contributed by atoms with E-state index in [4.69, 9.17) is 10.2 Å². The Kier molecular flexibility index (Phi) is 4.53. The fraction of sp³-hybridized carbons (Fsp3) is 0.118. The van der Waals surface area contributed by atoms with Gasteiger partial charge in [-0.1, -0.05) is 6.07 Å². The van der Waals surface area contributed by atoms with E-state index in [2.05, 4.69) is 20.6 Å². The summed E-state index contributed by atoms with van der Waals surface area (Å²) in [5.74, 6) is 0.394. The number of oxazole rings is 1. The molecule has 7 nitrogen and oxygen atoms in total. The van der Waals surface area contributed by atoms with Crippen LogP contribution in [0.4, 0.5) is 17.4 Å². The molecule has 0 spiro atoms. The van der Waals surface area contributed by atoms with Crippen LogP contribution in [0.5, 0.6) is 0 Å². The zero-order chi connectivity index (χ0) is 16.9. The molecule has 3 rings (SSSR count). The number of nitrogens with one attached hydrogen (secondary N) is 2. The number of hydrogen-bond donors (Lipinski definition) is 3. The maximum atomic E-state index is 11.4. The Morgan fingerprint density at radius 2 is 2.04 bits per heavy atom. The first-order valence-corrected chi connectivity index (χ1v) is 7.39. The molecule has 0 saturated heterocycles. The summed E-state index contributed by atoms with van der Waals surface area (Å²) in [6.07, 6.45) is 5.03. The number of hydrogen-bond acceptors (Lipinski definition) is 6. The van der Waals surface area contributed by atoms with Gasteiger partial charge in [0, 0.05) is 29.3 Å². The van der Waals surface area contributed by atoms with E-state index in [0.29, 0.717) is 17.5 Å². The minimum atomic E-state index is -0.249. The Bertz CT molecular complexity index is 845. The number of aromatic nitrogens is 2. The molecule has 4 N–H and O–H groups in total. The monoisotopic (exact) mass is 323 g/mol. The van der Waals surface area contributed by atoms with E-state index in [0.717, 1.165) is 16.8 Å². The zero-order valence-corrected chi connectivity index (χ0v) is 13.1. The van der Waals surface area contributed by atoms with Gasteiger partial charge in [0.15, 0.2) is 5.76 Å². The molecule has 24 heavy (non-hydrogen) atoms. The summed E-state index contributed by atoms with van der Waals surface area (Å²) in [6, 6.07) is 9.57. The van der Waals surface area contributed by atoms with Crippen molar-refractivity contribution in [2.75, 3.05) is 17.2 Å². The van der Waals surface area contributed by atoms with Gasteiger partial charge in [-0.05, 0) is 36.8 Å². The zero-order valence-electron chi connectivity index (χ0n) is 13.1. The number of pyridine rings is 1. The smallest absolute Gasteiger partial charge is 0.299 e. The van der Waals surface area contributed by atoms with Crippen LogP contribution in [0.15, 0.2) is 53.3 Å². The third-order valence-electron chi connectivity index (χ3n) is 3.42. The van der Waals surface area contributed by atoms with E-state index in [9.17, 15) is 4.79 Å². The van der Waals surface area contributed by atoms with Crippen LogP contribution in [0.1, 0.15) is 5.56 Å². The molecule has 1 aromatic carbocycles. The minimum Gasteiger partial charge on any atom is -0.423 e. The Balaban J connectivity index is 1.80. The van der Waals surface area contributed by atoms with Crippen molar-refractivity contribution in [2.45, 2.75) is 6.92 Å². The van der Waals surface area contributed by atoms with Crippen LogP contribution in [0, 0.1) is 6.92 Å². The largest absolute Gasteiger partial charge is 0.423 e. The number of nitrogens with two attached hydrogens (primary N) is 1. The Labute approximate surface area is 138 Å². The minimum absolute atomic E-state index is 0.0638. The molecule has 1 amide bonds. The first-order valence-electron chi connectivity index (χ1n) is 7.39. The van der Waals surface area contributed by atoms with Gasteiger partial charge in [-0.3, -0.25) is 9.78 Å². The second kappa shape index (κ2) is 6.93. The van der Waals surface area contributed by atoms with E-state index < -0.39 is 0 Å². The highest BCUT2D eigenvalue weighted by Crippen LogP contribution is 2.27. The van der Waals surface area contributed by atoms with Crippen molar-refractivity contribution in [1.82, 2.24) is 9.97 Å². The standard InChI is InChI=1S/C17H17N5O2/c1-11-2-3-13(21-16(23)9-18)8-14(11)22-17-20-10-15(24-17)12-4-6-19-7-5-12/h2-8,10H,9,18H2,1H3,(H,20,22)(H,21,23). The number of anilines is 3. The summed E-state index contributed by atoms with van der Waals surface area (Å²) >= 11 is 0. The van der Waals surface area contributed by atoms with E-state index in [1.165, 1.54) is 0 Å². The van der Waals surface area contributed by atoms with Gasteiger partial charge in [0.25, 0.3) is 6.01 Å². The number of carbonyl (C=O) groups is 1. The van der Waals surface area contributed by atoms with Crippen LogP contribution in [0.3, 0.4) is 0 Å². The van der Waals surface area contributed by atoms with Gasteiger partial charge in [0.05, 0.1) is 12.7 Å². The summed E-state index contributed by atoms with van der Waals surface area (Å²) in [4.78, 5) is 19.6. The van der Waals surface area contributed by atoms with Gasteiger partial charge < -0.3 is 20.8 Å². The van der Waals surface area contributed by atoms with Gasteiger partial charge in [0.2, 0.25) is 5.91 Å². The summed E-state index contributed by atoms with van der Waals surface area (Å²) in [6.45, 7) is 1.88. The highest BCUT2D eigenvalue weighted by molar-refractivity contribution is 5.92. The summed E-state index contributed by atoms with van der Waals surface area (Å²) in [7, 11) is 0. The second-order valence-corrected chi connectivity index (χ2v) is 5.17. The predicted molar refractivity (Wildman–Crippen MR) is 91.9 cm³/mol. The lowest BCUT2D eigenvalue weighted by molar-refractivity contribution is -0.114. The van der Waals surface area contributed by atoms with E-state index >= 15 is 0 Å². The van der Waals surface area contributed by atoms with E-state index in [1.54, 1.807) is 24.7 Å². The highest BCUT2D eigenvalue weighted by atomic mass is 16.4. The molecule has 0 aliphatic heterocycles. The second-order valence-electron chi connectivity index (χ2n) is 5.17. The molecule has 0 bridgehead atoms. The molecule has 0 fully saturated rings. The average molecular weight is 323 g/mol. The number of rotatable bonds is 5. The van der Waals surface area contributed by atoms with Crippen LogP contribution in [0.25, 0.3) is 11.3 Å². The Hall–Kier alpha value is -3.19. The highest BCUT2D eigenvalue weighted by Gasteiger charge is 2.09. The molecule has 2 heterocycles. The van der Waals surface area contributed by atoms with Crippen molar-refractivity contribution in [3.8, 4) is 11.3 Å². The molecule has 0 atom stereocenters. The molecule has 0 radical (unpaired) electrons. The number of aryl methyl sites for hydroxylation is 1. The van der Waals surface area contributed by atoms with Crippen LogP contribution >= 0.6 is 0 Å². The number of benzene rings is 1. The molecular formula is C17H17N5O2. The summed E-state index contributed by atoms with van der Waals surface area (Å²) < 4.78 is 5.71. The molecule has 0 unspecified atom stereocenters. The van der Waals surface area contributed by atoms with Gasteiger partial charge in [0.1, 0.15) is 0 Å². The molecule has 0 aliphatic rings.